The fraction of sp³-hybridized carbons (Fsp3) is 0.636. The van der Waals surface area contributed by atoms with E-state index in [1.54, 1.807) is 0 Å². The number of fused-ring (bicyclic) bond motifs is 3. The summed E-state index contributed by atoms with van der Waals surface area (Å²) in [6, 6.07) is 0. The molecule has 7 nitrogen and oxygen atoms in total. The summed E-state index contributed by atoms with van der Waals surface area (Å²) in [6.07, 6.45) is 5.16. The van der Waals surface area contributed by atoms with Gasteiger partial charge in [-0.15, -0.1) is 11.3 Å². The fourth-order valence-electron chi connectivity index (χ4n) is 5.43. The molecule has 0 aromatic carbocycles. The Morgan fingerprint density at radius 2 is 1.90 bits per heavy atom. The Balaban J connectivity index is 1.46. The van der Waals surface area contributed by atoms with Crippen molar-refractivity contribution in [2.45, 2.75) is 65.7 Å². The van der Waals surface area contributed by atoms with Crippen molar-refractivity contribution in [3.8, 4) is 0 Å². The second-order valence-corrected chi connectivity index (χ2v) is 10.6. The van der Waals surface area contributed by atoms with Crippen LogP contribution >= 0.6 is 11.3 Å². The van der Waals surface area contributed by atoms with E-state index in [0.29, 0.717) is 23.4 Å². The van der Waals surface area contributed by atoms with E-state index < -0.39 is 11.3 Å². The van der Waals surface area contributed by atoms with Crippen LogP contribution in [0.1, 0.15) is 73.7 Å². The molecule has 4 amide bonds. The van der Waals surface area contributed by atoms with Gasteiger partial charge in [0.1, 0.15) is 5.00 Å². The van der Waals surface area contributed by atoms with Crippen molar-refractivity contribution in [2.75, 3.05) is 11.9 Å². The quantitative estimate of drug-likeness (QED) is 0.699. The highest BCUT2D eigenvalue weighted by Gasteiger charge is 2.64. The lowest BCUT2D eigenvalue weighted by Gasteiger charge is -2.47. The maximum Gasteiger partial charge on any atom is 0.251 e. The Kier molecular flexibility index (Phi) is 5.03. The summed E-state index contributed by atoms with van der Waals surface area (Å²) in [5.74, 6) is -1.38. The molecule has 162 valence electrons. The van der Waals surface area contributed by atoms with E-state index in [9.17, 15) is 19.2 Å². The van der Waals surface area contributed by atoms with Crippen LogP contribution in [0, 0.1) is 16.7 Å². The second kappa shape index (κ2) is 7.18. The molecule has 0 spiro atoms. The lowest BCUT2D eigenvalue weighted by molar-refractivity contribution is -0.167. The van der Waals surface area contributed by atoms with Gasteiger partial charge in [0.15, 0.2) is 0 Å². The third-order valence-corrected chi connectivity index (χ3v) is 8.95. The number of imide groups is 1. The van der Waals surface area contributed by atoms with E-state index in [4.69, 9.17) is 5.73 Å². The number of anilines is 1. The number of nitrogens with zero attached hydrogens (tertiary/aromatic N) is 1. The SMILES string of the molecule is CC12CCC(C(=O)N(CCC(=O)Nc3sc4c(c3C(N)=O)CCCC4)C1=O)C2(C)C. The zero-order valence-corrected chi connectivity index (χ0v) is 18.6. The van der Waals surface area contributed by atoms with Crippen LogP contribution in [0.3, 0.4) is 0 Å². The number of carbonyl (C=O) groups is 4. The maximum atomic E-state index is 13.1. The Morgan fingerprint density at radius 1 is 1.20 bits per heavy atom. The number of likely N-dealkylation sites (tertiary alicyclic amines) is 1. The molecule has 1 aliphatic heterocycles. The van der Waals surface area contributed by atoms with E-state index in [2.05, 4.69) is 5.32 Å². The van der Waals surface area contributed by atoms with E-state index >= 15 is 0 Å². The van der Waals surface area contributed by atoms with E-state index in [-0.39, 0.29) is 42.0 Å². The lowest BCUT2D eigenvalue weighted by atomic mass is 9.62. The van der Waals surface area contributed by atoms with Crippen molar-refractivity contribution in [2.24, 2.45) is 22.5 Å². The number of aryl methyl sites for hydroxylation is 1. The van der Waals surface area contributed by atoms with Crippen LogP contribution in [-0.2, 0) is 27.2 Å². The summed E-state index contributed by atoms with van der Waals surface area (Å²) in [5, 5.41) is 3.30. The Hall–Kier alpha value is -2.22. The summed E-state index contributed by atoms with van der Waals surface area (Å²) < 4.78 is 0. The van der Waals surface area contributed by atoms with Crippen molar-refractivity contribution in [3.05, 3.63) is 16.0 Å². The summed E-state index contributed by atoms with van der Waals surface area (Å²) in [6.45, 7) is 5.98. The first-order chi connectivity index (χ1) is 14.1. The number of hydrogen-bond acceptors (Lipinski definition) is 5. The minimum absolute atomic E-state index is 0.00147. The van der Waals surface area contributed by atoms with Crippen LogP contribution in [0.4, 0.5) is 5.00 Å². The van der Waals surface area contributed by atoms with Gasteiger partial charge in [-0.2, -0.15) is 0 Å². The molecule has 2 aliphatic carbocycles. The molecule has 3 aliphatic rings. The van der Waals surface area contributed by atoms with Crippen molar-refractivity contribution < 1.29 is 19.2 Å². The predicted molar refractivity (Wildman–Crippen MR) is 114 cm³/mol. The van der Waals surface area contributed by atoms with Crippen molar-refractivity contribution in [1.82, 2.24) is 4.90 Å². The number of amides is 4. The van der Waals surface area contributed by atoms with Crippen LogP contribution in [-0.4, -0.2) is 35.1 Å². The smallest absolute Gasteiger partial charge is 0.251 e. The standard InChI is InChI=1S/C22H29N3O4S/c1-21(2)13-8-10-22(21,3)20(29)25(19(13)28)11-9-15(26)24-18-16(17(23)27)12-6-4-5-7-14(12)30-18/h13H,4-11H2,1-3H3,(H2,23,27)(H,24,26). The molecule has 2 fully saturated rings. The molecule has 4 rings (SSSR count). The van der Waals surface area contributed by atoms with E-state index in [0.717, 1.165) is 36.1 Å². The first kappa shape index (κ1) is 21.0. The minimum Gasteiger partial charge on any atom is -0.365 e. The summed E-state index contributed by atoms with van der Waals surface area (Å²) in [4.78, 5) is 53.0. The third-order valence-electron chi connectivity index (χ3n) is 7.74. The van der Waals surface area contributed by atoms with Crippen LogP contribution in [0.25, 0.3) is 0 Å². The van der Waals surface area contributed by atoms with Gasteiger partial charge in [-0.05, 0) is 49.5 Å². The molecular formula is C22H29N3O4S. The number of nitrogens with one attached hydrogen (secondary N) is 1. The Bertz CT molecular complexity index is 950. The van der Waals surface area contributed by atoms with Crippen LogP contribution in [0.15, 0.2) is 0 Å². The topological polar surface area (TPSA) is 110 Å². The van der Waals surface area contributed by atoms with Gasteiger partial charge in [0.2, 0.25) is 17.7 Å². The average molecular weight is 432 g/mol. The number of primary amides is 1. The van der Waals surface area contributed by atoms with Crippen molar-refractivity contribution in [3.63, 3.8) is 0 Å². The average Bonchev–Trinajstić information content (AvgIpc) is 3.12. The molecule has 2 unspecified atom stereocenters. The number of nitrogens with two attached hydrogens (primary N) is 1. The summed E-state index contributed by atoms with van der Waals surface area (Å²) >= 11 is 1.41. The molecule has 2 bridgehead atoms. The second-order valence-electron chi connectivity index (χ2n) is 9.52. The van der Waals surface area contributed by atoms with Crippen molar-refractivity contribution in [1.29, 1.82) is 0 Å². The third kappa shape index (κ3) is 2.99. The highest BCUT2D eigenvalue weighted by atomic mass is 32.1. The van der Waals surface area contributed by atoms with Gasteiger partial charge in [0, 0.05) is 23.8 Å². The van der Waals surface area contributed by atoms with Crippen LogP contribution in [0.5, 0.6) is 0 Å². The normalized spacial score (nSPS) is 27.2. The molecule has 30 heavy (non-hydrogen) atoms. The first-order valence-corrected chi connectivity index (χ1v) is 11.5. The van der Waals surface area contributed by atoms with E-state index in [1.807, 2.05) is 20.8 Å². The van der Waals surface area contributed by atoms with Gasteiger partial charge >= 0.3 is 0 Å². The van der Waals surface area contributed by atoms with Gasteiger partial charge in [0.25, 0.3) is 5.91 Å². The van der Waals surface area contributed by atoms with Gasteiger partial charge in [-0.25, -0.2) is 0 Å². The highest BCUT2D eigenvalue weighted by Crippen LogP contribution is 2.60. The van der Waals surface area contributed by atoms with Crippen LogP contribution < -0.4 is 11.1 Å². The molecule has 2 atom stereocenters. The van der Waals surface area contributed by atoms with E-state index in [1.165, 1.54) is 16.2 Å². The van der Waals surface area contributed by atoms with Gasteiger partial charge in [-0.3, -0.25) is 24.1 Å². The molecule has 0 radical (unpaired) electrons. The Morgan fingerprint density at radius 3 is 2.60 bits per heavy atom. The molecule has 1 aromatic rings. The van der Waals surface area contributed by atoms with Crippen molar-refractivity contribution >= 4 is 40.0 Å². The lowest BCUT2D eigenvalue weighted by Crippen LogP contribution is -2.59. The van der Waals surface area contributed by atoms with Gasteiger partial charge in [0.05, 0.1) is 11.0 Å². The Labute approximate surface area is 180 Å². The molecule has 1 saturated carbocycles. The summed E-state index contributed by atoms with van der Waals surface area (Å²) in [5.41, 5.74) is 6.02. The zero-order valence-electron chi connectivity index (χ0n) is 17.8. The minimum atomic E-state index is -0.575. The maximum absolute atomic E-state index is 13.1. The van der Waals surface area contributed by atoms with Crippen LogP contribution in [0.2, 0.25) is 0 Å². The molecule has 1 saturated heterocycles. The number of hydrogen-bond donors (Lipinski definition) is 2. The number of carbonyl (C=O) groups excluding carboxylic acids is 4. The molecular weight excluding hydrogens is 402 g/mol. The monoisotopic (exact) mass is 431 g/mol. The largest absolute Gasteiger partial charge is 0.365 e. The predicted octanol–water partition coefficient (Wildman–Crippen LogP) is 2.87. The number of thiophene rings is 1. The number of rotatable bonds is 5. The summed E-state index contributed by atoms with van der Waals surface area (Å²) in [7, 11) is 0. The number of piperidine rings is 1. The molecule has 3 N–H and O–H groups in total. The molecule has 2 heterocycles. The molecule has 8 heteroatoms. The van der Waals surface area contributed by atoms with Gasteiger partial charge in [-0.1, -0.05) is 20.8 Å². The highest BCUT2D eigenvalue weighted by molar-refractivity contribution is 7.17. The van der Waals surface area contributed by atoms with Gasteiger partial charge < -0.3 is 11.1 Å². The zero-order chi connectivity index (χ0) is 21.8. The molecule has 1 aromatic heterocycles. The fourth-order valence-corrected chi connectivity index (χ4v) is 6.74. The first-order valence-electron chi connectivity index (χ1n) is 10.7.